The highest BCUT2D eigenvalue weighted by atomic mass is 16.6. The Bertz CT molecular complexity index is 660. The van der Waals surface area contributed by atoms with Crippen molar-refractivity contribution in [3.05, 3.63) is 71.3 Å². The van der Waals surface area contributed by atoms with Crippen molar-refractivity contribution < 1.29 is 9.63 Å². The number of nitrogens with zero attached hydrogens (tertiary/aromatic N) is 2. The lowest BCUT2D eigenvalue weighted by molar-refractivity contribution is 0.130. The van der Waals surface area contributed by atoms with Crippen molar-refractivity contribution in [2.45, 2.75) is 20.1 Å². The Kier molecular flexibility index (Phi) is 5.44. The topological polar surface area (TPSA) is 51.0 Å². The normalized spacial score (nSPS) is 10.8. The zero-order valence-corrected chi connectivity index (χ0v) is 11.8. The maximum absolute atomic E-state index is 10.1. The van der Waals surface area contributed by atoms with Gasteiger partial charge in [-0.2, -0.15) is 0 Å². The lowest BCUT2D eigenvalue weighted by Crippen LogP contribution is -1.98. The second-order valence-corrected chi connectivity index (χ2v) is 4.54. The lowest BCUT2D eigenvalue weighted by atomic mass is 10.1. The van der Waals surface area contributed by atoms with E-state index in [1.165, 1.54) is 6.08 Å². The highest BCUT2D eigenvalue weighted by Crippen LogP contribution is 2.09. The lowest BCUT2D eigenvalue weighted by Gasteiger charge is -2.04. The molecule has 2 rings (SSSR count). The zero-order chi connectivity index (χ0) is 14.9. The maximum atomic E-state index is 10.1. The Morgan fingerprint density at radius 2 is 1.86 bits per heavy atom. The standard InChI is InChI=1S/C17H16N2O2/c1-14(19-21-12-15-6-3-2-4-7-15)17-9-5-8-16(10-17)11-18-13-20/h2-10H,11-12H2,1H3. The Morgan fingerprint density at radius 1 is 1.10 bits per heavy atom. The fourth-order valence-electron chi connectivity index (χ4n) is 1.85. The summed E-state index contributed by atoms with van der Waals surface area (Å²) in [6.07, 6.45) is 1.54. The molecule has 0 spiro atoms. The summed E-state index contributed by atoms with van der Waals surface area (Å²) >= 11 is 0. The number of carbonyl (C=O) groups excluding carboxylic acids is 1. The molecule has 4 nitrogen and oxygen atoms in total. The van der Waals surface area contributed by atoms with Crippen LogP contribution in [0, 0.1) is 0 Å². The van der Waals surface area contributed by atoms with Crippen molar-refractivity contribution in [2.75, 3.05) is 0 Å². The molecule has 2 aromatic carbocycles. The Hall–Kier alpha value is -2.71. The van der Waals surface area contributed by atoms with Gasteiger partial charge in [0.1, 0.15) is 6.61 Å². The van der Waals surface area contributed by atoms with Gasteiger partial charge in [0.25, 0.3) is 0 Å². The predicted molar refractivity (Wildman–Crippen MR) is 81.7 cm³/mol. The molecule has 21 heavy (non-hydrogen) atoms. The Labute approximate surface area is 123 Å². The van der Waals surface area contributed by atoms with Gasteiger partial charge in [-0.25, -0.2) is 9.79 Å². The summed E-state index contributed by atoms with van der Waals surface area (Å²) in [6, 6.07) is 17.6. The first kappa shape index (κ1) is 14.7. The van der Waals surface area contributed by atoms with Crippen LogP contribution in [0.1, 0.15) is 23.6 Å². The minimum atomic E-state index is 0.329. The van der Waals surface area contributed by atoms with Crippen LogP contribution in [-0.2, 0) is 22.8 Å². The van der Waals surface area contributed by atoms with E-state index in [2.05, 4.69) is 10.1 Å². The van der Waals surface area contributed by atoms with Crippen LogP contribution < -0.4 is 0 Å². The number of aliphatic imine (C=N–C) groups is 1. The van der Waals surface area contributed by atoms with Crippen LogP contribution in [0.25, 0.3) is 0 Å². The van der Waals surface area contributed by atoms with E-state index in [9.17, 15) is 4.79 Å². The second kappa shape index (κ2) is 7.78. The third-order valence-electron chi connectivity index (χ3n) is 2.95. The molecule has 0 aliphatic heterocycles. The molecule has 106 valence electrons. The van der Waals surface area contributed by atoms with E-state index >= 15 is 0 Å². The number of rotatable bonds is 6. The van der Waals surface area contributed by atoms with Gasteiger partial charge in [0.05, 0.1) is 12.3 Å². The molecule has 0 aromatic heterocycles. The van der Waals surface area contributed by atoms with Gasteiger partial charge in [0, 0.05) is 0 Å². The minimum absolute atomic E-state index is 0.329. The smallest absolute Gasteiger partial charge is 0.235 e. The molecule has 0 N–H and O–H groups in total. The largest absolute Gasteiger partial charge is 0.391 e. The highest BCUT2D eigenvalue weighted by molar-refractivity contribution is 5.98. The summed E-state index contributed by atoms with van der Waals surface area (Å²) in [4.78, 5) is 19.1. The van der Waals surface area contributed by atoms with Gasteiger partial charge in [-0.05, 0) is 29.7 Å². The predicted octanol–water partition coefficient (Wildman–Crippen LogP) is 3.46. The third-order valence-corrected chi connectivity index (χ3v) is 2.95. The zero-order valence-electron chi connectivity index (χ0n) is 11.8. The van der Waals surface area contributed by atoms with Crippen LogP contribution in [0.15, 0.2) is 64.7 Å². The molecule has 0 radical (unpaired) electrons. The Balaban J connectivity index is 2.00. The van der Waals surface area contributed by atoms with Crippen LogP contribution >= 0.6 is 0 Å². The van der Waals surface area contributed by atoms with Crippen molar-refractivity contribution in [1.29, 1.82) is 0 Å². The van der Waals surface area contributed by atoms with Gasteiger partial charge in [-0.3, -0.25) is 0 Å². The van der Waals surface area contributed by atoms with E-state index < -0.39 is 0 Å². The molecule has 4 heteroatoms. The van der Waals surface area contributed by atoms with E-state index in [0.29, 0.717) is 13.2 Å². The molecule has 0 bridgehead atoms. The molecule has 0 fully saturated rings. The molecule has 0 heterocycles. The number of benzene rings is 2. The van der Waals surface area contributed by atoms with Crippen molar-refractivity contribution in [3.8, 4) is 0 Å². The first-order valence-electron chi connectivity index (χ1n) is 6.63. The average molecular weight is 280 g/mol. The summed E-state index contributed by atoms with van der Waals surface area (Å²) in [6.45, 7) is 2.65. The molecule has 0 unspecified atom stereocenters. The minimum Gasteiger partial charge on any atom is -0.391 e. The third kappa shape index (κ3) is 4.71. The SMILES string of the molecule is CC(=NOCc1ccccc1)c1cccc(CN=C=O)c1. The van der Waals surface area contributed by atoms with E-state index in [1.54, 1.807) is 0 Å². The van der Waals surface area contributed by atoms with Crippen LogP contribution in [-0.4, -0.2) is 11.8 Å². The molecule has 0 aliphatic rings. The number of isocyanates is 1. The molecule has 0 atom stereocenters. The first-order valence-corrected chi connectivity index (χ1v) is 6.63. The summed E-state index contributed by atoms with van der Waals surface area (Å²) in [5.74, 6) is 0. The Morgan fingerprint density at radius 3 is 2.62 bits per heavy atom. The molecule has 0 saturated heterocycles. The van der Waals surface area contributed by atoms with Gasteiger partial charge in [-0.1, -0.05) is 53.7 Å². The fourth-order valence-corrected chi connectivity index (χ4v) is 1.85. The number of oxime groups is 1. The second-order valence-electron chi connectivity index (χ2n) is 4.54. The molecule has 0 amide bonds. The van der Waals surface area contributed by atoms with Crippen molar-refractivity contribution in [1.82, 2.24) is 0 Å². The quantitative estimate of drug-likeness (QED) is 0.462. The summed E-state index contributed by atoms with van der Waals surface area (Å²) in [5.41, 5.74) is 3.74. The summed E-state index contributed by atoms with van der Waals surface area (Å²) in [7, 11) is 0. The van der Waals surface area contributed by atoms with Crippen LogP contribution in [0.4, 0.5) is 0 Å². The monoisotopic (exact) mass is 280 g/mol. The molecule has 2 aromatic rings. The highest BCUT2D eigenvalue weighted by Gasteiger charge is 2.00. The van der Waals surface area contributed by atoms with Crippen molar-refractivity contribution >= 4 is 11.8 Å². The van der Waals surface area contributed by atoms with Crippen LogP contribution in [0.5, 0.6) is 0 Å². The van der Waals surface area contributed by atoms with Gasteiger partial charge in [-0.15, -0.1) is 0 Å². The van der Waals surface area contributed by atoms with E-state index in [1.807, 2.05) is 61.5 Å². The average Bonchev–Trinajstić information content (AvgIpc) is 2.54. The van der Waals surface area contributed by atoms with Crippen LogP contribution in [0.2, 0.25) is 0 Å². The van der Waals surface area contributed by atoms with E-state index in [4.69, 9.17) is 4.84 Å². The first-order chi connectivity index (χ1) is 10.3. The molecular weight excluding hydrogens is 264 g/mol. The van der Waals surface area contributed by atoms with Crippen molar-refractivity contribution in [3.63, 3.8) is 0 Å². The number of hydrogen-bond donors (Lipinski definition) is 0. The van der Waals surface area contributed by atoms with E-state index in [0.717, 1.165) is 22.4 Å². The van der Waals surface area contributed by atoms with Gasteiger partial charge in [0.15, 0.2) is 0 Å². The van der Waals surface area contributed by atoms with Gasteiger partial charge < -0.3 is 4.84 Å². The van der Waals surface area contributed by atoms with Crippen LogP contribution in [0.3, 0.4) is 0 Å². The van der Waals surface area contributed by atoms with E-state index in [-0.39, 0.29) is 0 Å². The van der Waals surface area contributed by atoms with Crippen molar-refractivity contribution in [2.24, 2.45) is 10.1 Å². The maximum Gasteiger partial charge on any atom is 0.235 e. The molecule has 0 aliphatic carbocycles. The van der Waals surface area contributed by atoms with Gasteiger partial charge >= 0.3 is 0 Å². The number of hydrogen-bond acceptors (Lipinski definition) is 4. The molecule has 0 saturated carbocycles. The summed E-state index contributed by atoms with van der Waals surface area (Å²) < 4.78 is 0. The fraction of sp³-hybridized carbons (Fsp3) is 0.176. The molecular formula is C17H16N2O2. The van der Waals surface area contributed by atoms with Gasteiger partial charge in [0.2, 0.25) is 6.08 Å². The summed E-state index contributed by atoms with van der Waals surface area (Å²) in [5, 5.41) is 4.12.